The molecule has 2 heterocycles. The average Bonchev–Trinajstić information content (AvgIpc) is 2.55. The molecule has 5 heteroatoms. The van der Waals surface area contributed by atoms with Crippen LogP contribution in [0, 0.1) is 0 Å². The Morgan fingerprint density at radius 2 is 2.45 bits per heavy atom. The highest BCUT2D eigenvalue weighted by molar-refractivity contribution is 7.99. The smallest absolute Gasteiger partial charge is 0.199 e. The van der Waals surface area contributed by atoms with Crippen LogP contribution in [0.4, 0.5) is 5.13 Å². The Labute approximate surface area is 73.6 Å². The molecule has 0 radical (unpaired) electrons. The summed E-state index contributed by atoms with van der Waals surface area (Å²) in [6.45, 7) is 0. The fourth-order valence-electron chi connectivity index (χ4n) is 1.16. The lowest BCUT2D eigenvalue weighted by Crippen LogP contribution is -1.91. The van der Waals surface area contributed by atoms with Crippen LogP contribution in [0.3, 0.4) is 0 Å². The first-order valence-corrected chi connectivity index (χ1v) is 5.39. The lowest BCUT2D eigenvalue weighted by atomic mass is 10.2. The average molecular weight is 187 g/mol. The summed E-state index contributed by atoms with van der Waals surface area (Å²) >= 11 is 3.23. The van der Waals surface area contributed by atoms with Crippen molar-refractivity contribution < 1.29 is 0 Å². The number of aromatic nitrogens is 2. The second-order valence-electron chi connectivity index (χ2n) is 2.49. The molecule has 1 aromatic heterocycles. The minimum absolute atomic E-state index is 0.517. The number of nitrogen functional groups attached to an aromatic ring is 1. The third-order valence-electron chi connectivity index (χ3n) is 1.68. The Morgan fingerprint density at radius 1 is 1.55 bits per heavy atom. The maximum atomic E-state index is 5.48. The highest BCUT2D eigenvalue weighted by Gasteiger charge is 2.21. The number of thioether (sulfide) groups is 1. The summed E-state index contributed by atoms with van der Waals surface area (Å²) < 4.78 is 4.18. The molecule has 1 aliphatic rings. The molecule has 0 aromatic carbocycles. The number of nitrogens with zero attached hydrogens (tertiary/aromatic N) is 2. The first kappa shape index (κ1) is 7.36. The van der Waals surface area contributed by atoms with E-state index in [4.69, 9.17) is 5.73 Å². The monoisotopic (exact) mass is 187 g/mol. The zero-order valence-corrected chi connectivity index (χ0v) is 7.62. The van der Waals surface area contributed by atoms with Crippen LogP contribution in [0.25, 0.3) is 0 Å². The summed E-state index contributed by atoms with van der Waals surface area (Å²) in [7, 11) is 0. The zero-order chi connectivity index (χ0) is 7.68. The van der Waals surface area contributed by atoms with Gasteiger partial charge < -0.3 is 5.73 Å². The van der Waals surface area contributed by atoms with Crippen molar-refractivity contribution in [2.75, 3.05) is 11.5 Å². The molecule has 60 valence electrons. The van der Waals surface area contributed by atoms with Crippen molar-refractivity contribution in [2.24, 2.45) is 0 Å². The van der Waals surface area contributed by atoms with Crippen LogP contribution in [0.5, 0.6) is 0 Å². The van der Waals surface area contributed by atoms with Crippen LogP contribution >= 0.6 is 23.3 Å². The van der Waals surface area contributed by atoms with Gasteiger partial charge >= 0.3 is 0 Å². The summed E-state index contributed by atoms with van der Waals surface area (Å²) in [5, 5.41) is 1.11. The number of hydrogen-bond donors (Lipinski definition) is 1. The molecule has 0 spiro atoms. The van der Waals surface area contributed by atoms with E-state index in [1.165, 1.54) is 30.1 Å². The minimum Gasteiger partial charge on any atom is -0.374 e. The van der Waals surface area contributed by atoms with Gasteiger partial charge in [-0.25, -0.2) is 4.98 Å². The summed E-state index contributed by atoms with van der Waals surface area (Å²) in [6.07, 6.45) is 2.50. The molecule has 0 amide bonds. The molecule has 1 aromatic rings. The van der Waals surface area contributed by atoms with Crippen molar-refractivity contribution in [3.8, 4) is 0 Å². The van der Waals surface area contributed by atoms with E-state index in [9.17, 15) is 0 Å². The summed E-state index contributed by atoms with van der Waals surface area (Å²) in [6, 6.07) is 0. The van der Waals surface area contributed by atoms with E-state index in [1.807, 2.05) is 11.8 Å². The first-order valence-electron chi connectivity index (χ1n) is 3.57. The van der Waals surface area contributed by atoms with Crippen LogP contribution in [0.15, 0.2) is 0 Å². The van der Waals surface area contributed by atoms with Gasteiger partial charge in [0.25, 0.3) is 0 Å². The third kappa shape index (κ3) is 1.49. The minimum atomic E-state index is 0.517. The van der Waals surface area contributed by atoms with Gasteiger partial charge in [0.05, 0.1) is 5.25 Å². The van der Waals surface area contributed by atoms with E-state index < -0.39 is 0 Å². The Morgan fingerprint density at radius 3 is 3.00 bits per heavy atom. The van der Waals surface area contributed by atoms with Crippen molar-refractivity contribution in [1.82, 2.24) is 9.36 Å². The van der Waals surface area contributed by atoms with Crippen molar-refractivity contribution in [3.05, 3.63) is 5.82 Å². The van der Waals surface area contributed by atoms with Crippen LogP contribution < -0.4 is 5.73 Å². The van der Waals surface area contributed by atoms with Crippen molar-refractivity contribution in [1.29, 1.82) is 0 Å². The second-order valence-corrected chi connectivity index (χ2v) is 4.59. The van der Waals surface area contributed by atoms with Crippen molar-refractivity contribution >= 4 is 28.4 Å². The Balaban J connectivity index is 2.15. The first-order chi connectivity index (χ1) is 5.36. The van der Waals surface area contributed by atoms with Gasteiger partial charge in [0.2, 0.25) is 0 Å². The van der Waals surface area contributed by atoms with Gasteiger partial charge in [-0.3, -0.25) is 0 Å². The predicted molar refractivity (Wildman–Crippen MR) is 48.8 cm³/mol. The molecule has 1 saturated heterocycles. The molecule has 1 fully saturated rings. The van der Waals surface area contributed by atoms with Gasteiger partial charge in [0.1, 0.15) is 0 Å². The van der Waals surface area contributed by atoms with Gasteiger partial charge in [0, 0.05) is 11.5 Å². The standard InChI is InChI=1S/C6H9N3S2/c7-6-8-5(9-11-6)4-2-1-3-10-4/h4H,1-3H2,(H2,7,8,9). The van der Waals surface area contributed by atoms with Crippen LogP contribution in [0.2, 0.25) is 0 Å². The van der Waals surface area contributed by atoms with Gasteiger partial charge in [0.15, 0.2) is 11.0 Å². The zero-order valence-electron chi connectivity index (χ0n) is 5.99. The molecule has 0 bridgehead atoms. The molecule has 11 heavy (non-hydrogen) atoms. The Kier molecular flexibility index (Phi) is 2.00. The summed E-state index contributed by atoms with van der Waals surface area (Å²) in [5.41, 5.74) is 5.48. The maximum Gasteiger partial charge on any atom is 0.199 e. The number of anilines is 1. The highest BCUT2D eigenvalue weighted by Crippen LogP contribution is 2.38. The van der Waals surface area contributed by atoms with Crippen LogP contribution in [-0.2, 0) is 0 Å². The maximum absolute atomic E-state index is 5.48. The van der Waals surface area contributed by atoms with E-state index in [1.54, 1.807) is 0 Å². The molecule has 3 nitrogen and oxygen atoms in total. The van der Waals surface area contributed by atoms with Gasteiger partial charge in [-0.1, -0.05) is 0 Å². The van der Waals surface area contributed by atoms with E-state index in [0.29, 0.717) is 10.4 Å². The van der Waals surface area contributed by atoms with Crippen LogP contribution in [0.1, 0.15) is 23.9 Å². The normalized spacial score (nSPS) is 24.2. The molecule has 1 aliphatic heterocycles. The lowest BCUT2D eigenvalue weighted by Gasteiger charge is -1.99. The molecular weight excluding hydrogens is 178 g/mol. The van der Waals surface area contributed by atoms with E-state index in [2.05, 4.69) is 9.36 Å². The van der Waals surface area contributed by atoms with E-state index in [0.717, 1.165) is 5.82 Å². The summed E-state index contributed by atoms with van der Waals surface area (Å²) in [4.78, 5) is 4.16. The molecular formula is C6H9N3S2. The van der Waals surface area contributed by atoms with E-state index >= 15 is 0 Å². The predicted octanol–water partition coefficient (Wildman–Crippen LogP) is 1.69. The number of rotatable bonds is 1. The van der Waals surface area contributed by atoms with Crippen molar-refractivity contribution in [3.63, 3.8) is 0 Å². The highest BCUT2D eigenvalue weighted by atomic mass is 32.2. The van der Waals surface area contributed by atoms with E-state index in [-0.39, 0.29) is 0 Å². The molecule has 2 N–H and O–H groups in total. The van der Waals surface area contributed by atoms with Gasteiger partial charge in [-0.05, 0) is 18.6 Å². The number of hydrogen-bond acceptors (Lipinski definition) is 5. The summed E-state index contributed by atoms with van der Waals surface area (Å²) in [5.74, 6) is 2.18. The molecule has 1 atom stereocenters. The fourth-order valence-corrected chi connectivity index (χ4v) is 2.92. The fraction of sp³-hybridized carbons (Fsp3) is 0.667. The molecule has 2 rings (SSSR count). The third-order valence-corrected chi connectivity index (χ3v) is 3.61. The largest absolute Gasteiger partial charge is 0.374 e. The number of nitrogens with two attached hydrogens (primary N) is 1. The quantitative estimate of drug-likeness (QED) is 0.727. The Hall–Kier alpha value is -0.290. The van der Waals surface area contributed by atoms with Gasteiger partial charge in [-0.15, -0.1) is 0 Å². The lowest BCUT2D eigenvalue weighted by molar-refractivity contribution is 0.794. The van der Waals surface area contributed by atoms with Crippen LogP contribution in [-0.4, -0.2) is 15.1 Å². The van der Waals surface area contributed by atoms with Gasteiger partial charge in [-0.2, -0.15) is 16.1 Å². The molecule has 0 aliphatic carbocycles. The molecule has 1 unspecified atom stereocenters. The Bertz CT molecular complexity index is 242. The SMILES string of the molecule is Nc1nc(C2CCCS2)ns1. The topological polar surface area (TPSA) is 51.8 Å². The van der Waals surface area contributed by atoms with Crippen molar-refractivity contribution in [2.45, 2.75) is 18.1 Å². The molecule has 0 saturated carbocycles. The second kappa shape index (κ2) is 2.98.